The highest BCUT2D eigenvalue weighted by Crippen LogP contribution is 2.38. The Balaban J connectivity index is 0.924. The second kappa shape index (κ2) is 14.1. The fourth-order valence-corrected chi connectivity index (χ4v) is 6.69. The predicted octanol–water partition coefficient (Wildman–Crippen LogP) is 3.86. The van der Waals surface area contributed by atoms with Gasteiger partial charge in [0.2, 0.25) is 5.79 Å². The Hall–Kier alpha value is -4.98. The summed E-state index contributed by atoms with van der Waals surface area (Å²) in [5.41, 5.74) is 5.99. The molecule has 3 aromatic carbocycles. The monoisotopic (exact) mass is 680 g/mol. The zero-order valence-corrected chi connectivity index (χ0v) is 28.9. The number of ether oxygens (including phenoxy) is 3. The van der Waals surface area contributed by atoms with Gasteiger partial charge in [-0.15, -0.1) is 0 Å². The minimum absolute atomic E-state index is 0.251. The largest absolute Gasteiger partial charge is 0.491 e. The second-order valence-corrected chi connectivity index (χ2v) is 13.2. The molecule has 0 amide bonds. The van der Waals surface area contributed by atoms with Gasteiger partial charge in [0.05, 0.1) is 24.4 Å². The van der Waals surface area contributed by atoms with Crippen LogP contribution in [-0.2, 0) is 21.8 Å². The van der Waals surface area contributed by atoms with Crippen LogP contribution in [-0.4, -0.2) is 85.8 Å². The van der Waals surface area contributed by atoms with Crippen molar-refractivity contribution in [1.29, 1.82) is 0 Å². The lowest BCUT2D eigenvalue weighted by Gasteiger charge is -2.37. The van der Waals surface area contributed by atoms with Crippen LogP contribution < -0.4 is 20.2 Å². The molecule has 7 rings (SSSR count). The number of aromatic nitrogens is 6. The number of benzene rings is 3. The van der Waals surface area contributed by atoms with Crippen molar-refractivity contribution in [2.24, 2.45) is 0 Å². The third-order valence-corrected chi connectivity index (χ3v) is 9.68. The van der Waals surface area contributed by atoms with Gasteiger partial charge in [0.1, 0.15) is 44.0 Å². The van der Waals surface area contributed by atoms with Gasteiger partial charge in [-0.1, -0.05) is 23.8 Å². The lowest BCUT2D eigenvalue weighted by Crippen LogP contribution is -2.46. The molecule has 2 aliphatic heterocycles. The quantitative estimate of drug-likeness (QED) is 0.220. The number of rotatable bonds is 11. The molecule has 2 aliphatic rings. The molecule has 4 atom stereocenters. The summed E-state index contributed by atoms with van der Waals surface area (Å²) in [6.07, 6.45) is 3.76. The van der Waals surface area contributed by atoms with Crippen LogP contribution in [0.25, 0.3) is 5.69 Å². The number of aliphatic hydroxyl groups excluding tert-OH is 1. The average Bonchev–Trinajstić information content (AvgIpc) is 3.88. The molecule has 0 saturated carbocycles. The first kappa shape index (κ1) is 33.5. The van der Waals surface area contributed by atoms with Crippen LogP contribution in [0.2, 0.25) is 0 Å². The summed E-state index contributed by atoms with van der Waals surface area (Å²) in [6.45, 7) is 12.2. The first-order valence-electron chi connectivity index (χ1n) is 17.1. The fourth-order valence-electron chi connectivity index (χ4n) is 6.69. The van der Waals surface area contributed by atoms with Gasteiger partial charge in [0, 0.05) is 43.1 Å². The number of hydrogen-bond acceptors (Lipinski definition) is 10. The van der Waals surface area contributed by atoms with Crippen molar-refractivity contribution in [2.75, 3.05) is 49.2 Å². The van der Waals surface area contributed by atoms with Crippen molar-refractivity contribution in [1.82, 2.24) is 29.1 Å². The molecule has 5 aromatic rings. The maximum atomic E-state index is 12.8. The highest BCUT2D eigenvalue weighted by molar-refractivity contribution is 5.54. The van der Waals surface area contributed by atoms with E-state index in [0.717, 1.165) is 60.1 Å². The van der Waals surface area contributed by atoms with E-state index in [4.69, 9.17) is 14.2 Å². The van der Waals surface area contributed by atoms with Crippen LogP contribution >= 0.6 is 0 Å². The van der Waals surface area contributed by atoms with Gasteiger partial charge in [0.15, 0.2) is 0 Å². The van der Waals surface area contributed by atoms with Gasteiger partial charge in [-0.25, -0.2) is 23.7 Å². The van der Waals surface area contributed by atoms with Crippen LogP contribution in [0.3, 0.4) is 0 Å². The number of nitrogens with zero attached hydrogens (tertiary/aromatic N) is 8. The Morgan fingerprint density at radius 2 is 1.56 bits per heavy atom. The Bertz CT molecular complexity index is 1930. The minimum Gasteiger partial charge on any atom is -0.491 e. The smallest absolute Gasteiger partial charge is 0.350 e. The van der Waals surface area contributed by atoms with Crippen LogP contribution in [0.4, 0.5) is 11.4 Å². The highest BCUT2D eigenvalue weighted by atomic mass is 16.8. The molecule has 13 nitrogen and oxygen atoms in total. The maximum absolute atomic E-state index is 12.8. The average molecular weight is 681 g/mol. The van der Waals surface area contributed by atoms with E-state index in [1.165, 1.54) is 27.5 Å². The van der Waals surface area contributed by atoms with Gasteiger partial charge in [-0.2, -0.15) is 10.2 Å². The zero-order chi connectivity index (χ0) is 34.8. The molecule has 1 N–H and O–H groups in total. The Labute approximate surface area is 291 Å². The lowest BCUT2D eigenvalue weighted by molar-refractivity contribution is -0.191. The molecular formula is C37H44N8O5. The molecule has 13 heteroatoms. The van der Waals surface area contributed by atoms with E-state index in [0.29, 0.717) is 19.8 Å². The van der Waals surface area contributed by atoms with Crippen molar-refractivity contribution in [3.63, 3.8) is 0 Å². The third-order valence-electron chi connectivity index (χ3n) is 9.68. The molecule has 50 heavy (non-hydrogen) atoms. The fraction of sp³-hybridized carbons (Fsp3) is 0.405. The van der Waals surface area contributed by atoms with Crippen LogP contribution in [0.5, 0.6) is 5.75 Å². The summed E-state index contributed by atoms with van der Waals surface area (Å²) in [5, 5.41) is 18.4. The molecule has 262 valence electrons. The van der Waals surface area contributed by atoms with E-state index < -0.39 is 17.9 Å². The predicted molar refractivity (Wildman–Crippen MR) is 189 cm³/mol. The maximum Gasteiger partial charge on any atom is 0.350 e. The van der Waals surface area contributed by atoms with Crippen molar-refractivity contribution in [3.05, 3.63) is 113 Å². The van der Waals surface area contributed by atoms with E-state index in [1.54, 1.807) is 24.9 Å². The standard InChI is InChI=1S/C37H44N8O5/c1-26-5-14-35(27(2)19-26)37(22-43-24-38-23-39-43)49-21-34(50-37)20-48-33-12-10-31(11-13-33)42-17-15-41(16-18-42)30-6-8-32(9-7-30)44-25-40-45(36(44)47)28(3)29(4)46/h5-14,19,23-25,28-29,34,46H,15-18,20-22H2,1-4H3. The number of aliphatic hydroxyl groups is 1. The molecule has 0 radical (unpaired) electrons. The van der Waals surface area contributed by atoms with Crippen LogP contribution in [0.1, 0.15) is 36.6 Å². The summed E-state index contributed by atoms with van der Waals surface area (Å²) in [6, 6.07) is 22.1. The number of aryl methyl sites for hydroxylation is 2. The molecule has 4 heterocycles. The molecule has 0 bridgehead atoms. The van der Waals surface area contributed by atoms with E-state index >= 15 is 0 Å². The van der Waals surface area contributed by atoms with E-state index in [-0.39, 0.29) is 11.8 Å². The summed E-state index contributed by atoms with van der Waals surface area (Å²) in [4.78, 5) is 21.7. The number of piperazine rings is 1. The van der Waals surface area contributed by atoms with Crippen molar-refractivity contribution in [3.8, 4) is 11.4 Å². The van der Waals surface area contributed by atoms with Crippen molar-refractivity contribution >= 4 is 11.4 Å². The molecule has 0 aliphatic carbocycles. The van der Waals surface area contributed by atoms with Gasteiger partial charge < -0.3 is 29.1 Å². The van der Waals surface area contributed by atoms with Crippen LogP contribution in [0.15, 0.2) is 90.5 Å². The van der Waals surface area contributed by atoms with Crippen molar-refractivity contribution in [2.45, 2.75) is 58.3 Å². The van der Waals surface area contributed by atoms with E-state index in [1.807, 2.05) is 36.4 Å². The minimum atomic E-state index is -0.977. The van der Waals surface area contributed by atoms with E-state index in [2.05, 4.69) is 69.2 Å². The molecule has 2 aromatic heterocycles. The van der Waals surface area contributed by atoms with E-state index in [9.17, 15) is 9.90 Å². The van der Waals surface area contributed by atoms with Gasteiger partial charge >= 0.3 is 5.69 Å². The Morgan fingerprint density at radius 3 is 2.18 bits per heavy atom. The topological polar surface area (TPSA) is 125 Å². The molecule has 4 unspecified atom stereocenters. The summed E-state index contributed by atoms with van der Waals surface area (Å²) in [5.74, 6) is -0.198. The molecular weight excluding hydrogens is 636 g/mol. The summed E-state index contributed by atoms with van der Waals surface area (Å²) in [7, 11) is 0. The van der Waals surface area contributed by atoms with Gasteiger partial charge in [0.25, 0.3) is 0 Å². The Morgan fingerprint density at radius 1 is 0.900 bits per heavy atom. The number of hydrogen-bond donors (Lipinski definition) is 1. The summed E-state index contributed by atoms with van der Waals surface area (Å²) >= 11 is 0. The van der Waals surface area contributed by atoms with Gasteiger partial charge in [-0.05, 0) is 81.8 Å². The molecule has 0 spiro atoms. The first-order valence-corrected chi connectivity index (χ1v) is 17.1. The Kier molecular flexibility index (Phi) is 9.45. The lowest BCUT2D eigenvalue weighted by atomic mass is 9.98. The SMILES string of the molecule is Cc1ccc(C2(Cn3cncn3)OCC(COc3ccc(N4CCN(c5ccc(-n6cnn(C(C)C(C)O)c6=O)cc5)CC4)cc3)O2)c(C)c1. The zero-order valence-electron chi connectivity index (χ0n) is 28.9. The number of anilines is 2. The normalized spacial score (nSPS) is 20.6. The molecule has 2 fully saturated rings. The van der Waals surface area contributed by atoms with Gasteiger partial charge in [-0.3, -0.25) is 0 Å². The highest BCUT2D eigenvalue weighted by Gasteiger charge is 2.45. The third kappa shape index (κ3) is 6.89. The summed E-state index contributed by atoms with van der Waals surface area (Å²) < 4.78 is 23.7. The van der Waals surface area contributed by atoms with Crippen LogP contribution in [0, 0.1) is 13.8 Å². The molecule has 2 saturated heterocycles. The first-order chi connectivity index (χ1) is 24.2. The van der Waals surface area contributed by atoms with Crippen molar-refractivity contribution < 1.29 is 19.3 Å². The second-order valence-electron chi connectivity index (χ2n) is 13.2.